The molecule has 1 fully saturated rings. The first kappa shape index (κ1) is 14.7. The van der Waals surface area contributed by atoms with Gasteiger partial charge >= 0.3 is 12.3 Å². The summed E-state index contributed by atoms with van der Waals surface area (Å²) in [5.74, 6) is -0.00857. The largest absolute Gasteiger partial charge is 0.477 e. The van der Waals surface area contributed by atoms with Gasteiger partial charge in [-0.25, -0.2) is 9.78 Å². The third-order valence-electron chi connectivity index (χ3n) is 2.82. The van der Waals surface area contributed by atoms with Crippen LogP contribution >= 0.6 is 11.6 Å². The molecule has 0 radical (unpaired) electrons. The monoisotopic (exact) mass is 310 g/mol. The van der Waals surface area contributed by atoms with E-state index >= 15 is 0 Å². The van der Waals surface area contributed by atoms with Gasteiger partial charge in [-0.1, -0.05) is 11.6 Å². The first-order chi connectivity index (χ1) is 9.27. The quantitative estimate of drug-likeness (QED) is 0.872. The van der Waals surface area contributed by atoms with Crippen LogP contribution in [0.25, 0.3) is 0 Å². The van der Waals surface area contributed by atoms with Crippen LogP contribution in [0.15, 0.2) is 12.1 Å². The average molecular weight is 311 g/mol. The summed E-state index contributed by atoms with van der Waals surface area (Å²) in [5.41, 5.74) is -1.02. The molecule has 0 aliphatic carbocycles. The number of hydrogen-bond acceptors (Lipinski definition) is 3. The Morgan fingerprint density at radius 2 is 2.15 bits per heavy atom. The third-order valence-corrected chi connectivity index (χ3v) is 3.11. The maximum atomic E-state index is 12.5. The van der Waals surface area contributed by atoms with Gasteiger partial charge in [0.2, 0.25) is 5.88 Å². The van der Waals surface area contributed by atoms with E-state index in [2.05, 4.69) is 4.98 Å². The Morgan fingerprint density at radius 3 is 2.65 bits per heavy atom. The summed E-state index contributed by atoms with van der Waals surface area (Å²) in [5, 5.41) is 7.96. The second kappa shape index (κ2) is 5.35. The third kappa shape index (κ3) is 3.24. The first-order valence-electron chi connectivity index (χ1n) is 5.62. The number of rotatable bonds is 3. The molecule has 1 aliphatic heterocycles. The van der Waals surface area contributed by atoms with Crippen LogP contribution in [0.4, 0.5) is 18.0 Å². The van der Waals surface area contributed by atoms with Gasteiger partial charge in [0.25, 0.3) is 0 Å². The molecule has 20 heavy (non-hydrogen) atoms. The summed E-state index contributed by atoms with van der Waals surface area (Å²) in [4.78, 5) is 15.3. The molecule has 9 heteroatoms. The Kier molecular flexibility index (Phi) is 3.94. The van der Waals surface area contributed by atoms with Crippen LogP contribution < -0.4 is 4.74 Å². The van der Waals surface area contributed by atoms with Crippen LogP contribution in [0.1, 0.15) is 5.56 Å². The van der Waals surface area contributed by atoms with Gasteiger partial charge in [-0.3, -0.25) is 0 Å². The lowest BCUT2D eigenvalue weighted by atomic mass is 10.0. The molecule has 1 saturated heterocycles. The summed E-state index contributed by atoms with van der Waals surface area (Å²) in [6.07, 6.45) is -5.56. The van der Waals surface area contributed by atoms with Crippen molar-refractivity contribution in [2.24, 2.45) is 5.92 Å². The van der Waals surface area contributed by atoms with Crippen LogP contribution in [0.5, 0.6) is 5.88 Å². The molecule has 1 aromatic rings. The van der Waals surface area contributed by atoms with E-state index in [0.717, 1.165) is 12.1 Å². The van der Waals surface area contributed by atoms with Gasteiger partial charge in [0.1, 0.15) is 5.15 Å². The second-order valence-electron chi connectivity index (χ2n) is 4.35. The Balaban J connectivity index is 1.89. The van der Waals surface area contributed by atoms with Crippen LogP contribution in [0.2, 0.25) is 5.15 Å². The van der Waals surface area contributed by atoms with Gasteiger partial charge in [0.05, 0.1) is 12.2 Å². The fourth-order valence-corrected chi connectivity index (χ4v) is 2.00. The number of carboxylic acid groups (broad SMARTS) is 1. The Bertz CT molecular complexity index is 518. The number of alkyl halides is 3. The summed E-state index contributed by atoms with van der Waals surface area (Å²) < 4.78 is 42.6. The highest BCUT2D eigenvalue weighted by Gasteiger charge is 2.34. The summed E-state index contributed by atoms with van der Waals surface area (Å²) in [7, 11) is 0. The topological polar surface area (TPSA) is 62.7 Å². The minimum absolute atomic E-state index is 0.00830. The number of halogens is 4. The highest BCUT2D eigenvalue weighted by atomic mass is 35.5. The fourth-order valence-electron chi connectivity index (χ4n) is 1.74. The zero-order valence-corrected chi connectivity index (χ0v) is 10.8. The molecular formula is C11H10ClF3N2O3. The van der Waals surface area contributed by atoms with Crippen molar-refractivity contribution in [1.29, 1.82) is 0 Å². The van der Waals surface area contributed by atoms with Crippen LogP contribution in [-0.2, 0) is 6.18 Å². The first-order valence-corrected chi connectivity index (χ1v) is 5.99. The molecule has 0 aromatic carbocycles. The molecule has 1 N–H and O–H groups in total. The molecule has 0 unspecified atom stereocenters. The molecule has 110 valence electrons. The zero-order valence-electron chi connectivity index (χ0n) is 10.0. The molecule has 0 bridgehead atoms. The van der Waals surface area contributed by atoms with Crippen LogP contribution in [0.3, 0.4) is 0 Å². The fraction of sp³-hybridized carbons (Fsp3) is 0.455. The van der Waals surface area contributed by atoms with Crippen molar-refractivity contribution in [2.75, 3.05) is 19.7 Å². The van der Waals surface area contributed by atoms with Crippen molar-refractivity contribution in [3.05, 3.63) is 22.8 Å². The van der Waals surface area contributed by atoms with Crippen LogP contribution in [0, 0.1) is 5.92 Å². The molecule has 0 atom stereocenters. The highest BCUT2D eigenvalue weighted by molar-refractivity contribution is 6.30. The van der Waals surface area contributed by atoms with Gasteiger partial charge in [-0.2, -0.15) is 13.2 Å². The number of aromatic nitrogens is 1. The molecule has 1 amide bonds. The molecule has 1 aliphatic rings. The van der Waals surface area contributed by atoms with E-state index in [0.29, 0.717) is 13.1 Å². The predicted molar refractivity (Wildman–Crippen MR) is 62.8 cm³/mol. The predicted octanol–water partition coefficient (Wildman–Crippen LogP) is 2.74. The lowest BCUT2D eigenvalue weighted by Gasteiger charge is -2.36. The molecule has 0 saturated carbocycles. The van der Waals surface area contributed by atoms with Crippen molar-refractivity contribution >= 4 is 17.7 Å². The molecule has 5 nitrogen and oxygen atoms in total. The number of hydrogen-bond donors (Lipinski definition) is 1. The summed E-state index contributed by atoms with van der Waals surface area (Å²) >= 11 is 5.44. The zero-order chi connectivity index (χ0) is 14.9. The molecule has 0 spiro atoms. The number of pyridine rings is 1. The number of amides is 1. The number of likely N-dealkylation sites (tertiary alicyclic amines) is 1. The SMILES string of the molecule is O=C(O)N1CC(COc2ccc(C(F)(F)F)c(Cl)n2)C1. The highest BCUT2D eigenvalue weighted by Crippen LogP contribution is 2.34. The normalized spacial score (nSPS) is 15.9. The maximum absolute atomic E-state index is 12.5. The number of ether oxygens (including phenoxy) is 1. The number of carbonyl (C=O) groups is 1. The van der Waals surface area contributed by atoms with E-state index in [1.807, 2.05) is 0 Å². The van der Waals surface area contributed by atoms with E-state index in [1.165, 1.54) is 4.90 Å². The van der Waals surface area contributed by atoms with Gasteiger partial charge in [0, 0.05) is 25.1 Å². The Labute approximate surface area is 116 Å². The minimum atomic E-state index is -4.56. The van der Waals surface area contributed by atoms with Gasteiger partial charge < -0.3 is 14.7 Å². The van der Waals surface area contributed by atoms with Crippen molar-refractivity contribution in [1.82, 2.24) is 9.88 Å². The molecular weight excluding hydrogens is 301 g/mol. The van der Waals surface area contributed by atoms with Crippen LogP contribution in [-0.4, -0.2) is 40.8 Å². The van der Waals surface area contributed by atoms with E-state index in [1.54, 1.807) is 0 Å². The maximum Gasteiger partial charge on any atom is 0.419 e. The second-order valence-corrected chi connectivity index (χ2v) is 4.71. The number of nitrogens with zero attached hydrogens (tertiary/aromatic N) is 2. The van der Waals surface area contributed by atoms with Crippen molar-refractivity contribution in [3.63, 3.8) is 0 Å². The molecule has 1 aromatic heterocycles. The van der Waals surface area contributed by atoms with Crippen molar-refractivity contribution in [2.45, 2.75) is 6.18 Å². The van der Waals surface area contributed by atoms with Crippen molar-refractivity contribution < 1.29 is 27.8 Å². The smallest absolute Gasteiger partial charge is 0.419 e. The standard InChI is InChI=1S/C11H10ClF3N2O3/c12-9-7(11(13,14)15)1-2-8(16-9)20-5-6-3-17(4-6)10(18)19/h1-2,6H,3-5H2,(H,18,19). The average Bonchev–Trinajstić information content (AvgIpc) is 2.24. The summed E-state index contributed by atoms with van der Waals surface area (Å²) in [6, 6.07) is 1.89. The van der Waals surface area contributed by atoms with E-state index in [-0.39, 0.29) is 18.4 Å². The molecule has 2 rings (SSSR count). The molecule has 2 heterocycles. The van der Waals surface area contributed by atoms with Gasteiger partial charge in [0.15, 0.2) is 0 Å². The Hall–Kier alpha value is -1.70. The minimum Gasteiger partial charge on any atom is -0.477 e. The van der Waals surface area contributed by atoms with E-state index < -0.39 is 23.0 Å². The van der Waals surface area contributed by atoms with Gasteiger partial charge in [-0.15, -0.1) is 0 Å². The van der Waals surface area contributed by atoms with E-state index in [9.17, 15) is 18.0 Å². The van der Waals surface area contributed by atoms with Crippen molar-refractivity contribution in [3.8, 4) is 5.88 Å². The van der Waals surface area contributed by atoms with E-state index in [4.69, 9.17) is 21.4 Å². The van der Waals surface area contributed by atoms with Gasteiger partial charge in [-0.05, 0) is 6.07 Å². The lowest BCUT2D eigenvalue weighted by molar-refractivity contribution is -0.137. The Morgan fingerprint density at radius 1 is 1.50 bits per heavy atom. The lowest BCUT2D eigenvalue weighted by Crippen LogP contribution is -2.51. The summed E-state index contributed by atoms with van der Waals surface area (Å²) in [6.45, 7) is 0.853.